The highest BCUT2D eigenvalue weighted by Gasteiger charge is 2.25. The van der Waals surface area contributed by atoms with E-state index in [1.165, 1.54) is 25.0 Å². The zero-order valence-corrected chi connectivity index (χ0v) is 15.0. The van der Waals surface area contributed by atoms with E-state index < -0.39 is 0 Å². The Labute approximate surface area is 149 Å². The molecule has 1 aromatic rings. The van der Waals surface area contributed by atoms with Crippen molar-refractivity contribution in [3.8, 4) is 0 Å². The molecule has 2 rings (SSSR count). The molecule has 1 fully saturated rings. The number of carbonyl (C=O) groups excluding carboxylic acids is 2. The number of hydrogen-bond donors (Lipinski definition) is 0. The lowest BCUT2D eigenvalue weighted by Gasteiger charge is -2.31. The van der Waals surface area contributed by atoms with E-state index in [0.717, 1.165) is 31.2 Å². The standard InChI is InChI=1S/C20H28FNO3/c1-2-25-20(24)13-14-22(18-7-5-3-4-6-8-18)19(23)15-16-9-11-17(21)12-10-16/h9-12,18H,2-8,13-15H2,1H3. The zero-order chi connectivity index (χ0) is 18.1. The lowest BCUT2D eigenvalue weighted by Crippen LogP contribution is -2.42. The van der Waals surface area contributed by atoms with Crippen molar-refractivity contribution < 1.29 is 18.7 Å². The van der Waals surface area contributed by atoms with Gasteiger partial charge in [-0.2, -0.15) is 0 Å². The van der Waals surface area contributed by atoms with Crippen LogP contribution in [0.4, 0.5) is 4.39 Å². The van der Waals surface area contributed by atoms with Gasteiger partial charge in [-0.05, 0) is 37.5 Å². The summed E-state index contributed by atoms with van der Waals surface area (Å²) in [5, 5.41) is 0. The van der Waals surface area contributed by atoms with Crippen LogP contribution in [0.15, 0.2) is 24.3 Å². The number of benzene rings is 1. The maximum atomic E-state index is 13.1. The van der Waals surface area contributed by atoms with Crippen molar-refractivity contribution >= 4 is 11.9 Å². The van der Waals surface area contributed by atoms with Gasteiger partial charge in [0.2, 0.25) is 5.91 Å². The molecule has 4 nitrogen and oxygen atoms in total. The Morgan fingerprint density at radius 3 is 2.36 bits per heavy atom. The first-order valence-corrected chi connectivity index (χ1v) is 9.29. The number of nitrogens with zero attached hydrogens (tertiary/aromatic N) is 1. The van der Waals surface area contributed by atoms with Crippen LogP contribution in [-0.2, 0) is 20.7 Å². The monoisotopic (exact) mass is 349 g/mol. The highest BCUT2D eigenvalue weighted by molar-refractivity contribution is 5.80. The number of ether oxygens (including phenoxy) is 1. The van der Waals surface area contributed by atoms with Crippen molar-refractivity contribution in [3.05, 3.63) is 35.6 Å². The first-order valence-electron chi connectivity index (χ1n) is 9.29. The Kier molecular flexibility index (Phi) is 7.89. The molecule has 0 aromatic heterocycles. The van der Waals surface area contributed by atoms with Gasteiger partial charge in [-0.15, -0.1) is 0 Å². The summed E-state index contributed by atoms with van der Waals surface area (Å²) < 4.78 is 18.1. The second-order valence-electron chi connectivity index (χ2n) is 6.59. The highest BCUT2D eigenvalue weighted by Crippen LogP contribution is 2.23. The van der Waals surface area contributed by atoms with E-state index in [1.54, 1.807) is 19.1 Å². The van der Waals surface area contributed by atoms with Crippen LogP contribution in [-0.4, -0.2) is 36.0 Å². The minimum Gasteiger partial charge on any atom is -0.466 e. The zero-order valence-electron chi connectivity index (χ0n) is 15.0. The molecule has 5 heteroatoms. The molecule has 1 aromatic carbocycles. The van der Waals surface area contributed by atoms with E-state index in [4.69, 9.17) is 4.74 Å². The molecule has 0 heterocycles. The average Bonchev–Trinajstić information content (AvgIpc) is 2.87. The molecule has 0 saturated heterocycles. The Bertz CT molecular complexity index is 551. The lowest BCUT2D eigenvalue weighted by molar-refractivity contribution is -0.144. The van der Waals surface area contributed by atoms with Crippen molar-refractivity contribution in [2.75, 3.05) is 13.2 Å². The van der Waals surface area contributed by atoms with Gasteiger partial charge in [0, 0.05) is 12.6 Å². The van der Waals surface area contributed by atoms with E-state index in [9.17, 15) is 14.0 Å². The van der Waals surface area contributed by atoms with Gasteiger partial charge >= 0.3 is 5.97 Å². The van der Waals surface area contributed by atoms with Gasteiger partial charge in [0.15, 0.2) is 0 Å². The van der Waals surface area contributed by atoms with E-state index in [0.29, 0.717) is 13.2 Å². The van der Waals surface area contributed by atoms with Gasteiger partial charge in [0.1, 0.15) is 5.82 Å². The van der Waals surface area contributed by atoms with E-state index in [1.807, 2.05) is 4.90 Å². The summed E-state index contributed by atoms with van der Waals surface area (Å²) in [5.41, 5.74) is 0.793. The van der Waals surface area contributed by atoms with Crippen LogP contribution >= 0.6 is 0 Å². The molecule has 25 heavy (non-hydrogen) atoms. The predicted molar refractivity (Wildman–Crippen MR) is 94.6 cm³/mol. The molecule has 1 aliphatic rings. The summed E-state index contributed by atoms with van der Waals surface area (Å²) in [5.74, 6) is -0.572. The third-order valence-electron chi connectivity index (χ3n) is 4.72. The van der Waals surface area contributed by atoms with Crippen LogP contribution in [0.3, 0.4) is 0 Å². The highest BCUT2D eigenvalue weighted by atomic mass is 19.1. The number of halogens is 1. The molecule has 0 N–H and O–H groups in total. The molecule has 0 unspecified atom stereocenters. The smallest absolute Gasteiger partial charge is 0.307 e. The minimum absolute atomic E-state index is 0.00260. The van der Waals surface area contributed by atoms with Gasteiger partial charge < -0.3 is 9.64 Å². The summed E-state index contributed by atoms with van der Waals surface area (Å²) in [7, 11) is 0. The molecule has 0 bridgehead atoms. The largest absolute Gasteiger partial charge is 0.466 e. The molecule has 0 aliphatic heterocycles. The third kappa shape index (κ3) is 6.48. The quantitative estimate of drug-likeness (QED) is 0.554. The summed E-state index contributed by atoms with van der Waals surface area (Å²) in [6, 6.07) is 6.21. The van der Waals surface area contributed by atoms with E-state index in [2.05, 4.69) is 0 Å². The average molecular weight is 349 g/mol. The van der Waals surface area contributed by atoms with Crippen molar-refractivity contribution in [2.45, 2.75) is 64.3 Å². The van der Waals surface area contributed by atoms with Crippen LogP contribution in [0, 0.1) is 5.82 Å². The summed E-state index contributed by atoms with van der Waals surface area (Å²) in [4.78, 5) is 26.4. The maximum Gasteiger partial charge on any atom is 0.307 e. The first-order chi connectivity index (χ1) is 12.1. The summed E-state index contributed by atoms with van der Waals surface area (Å²) in [6.45, 7) is 2.52. The van der Waals surface area contributed by atoms with Crippen molar-refractivity contribution in [1.29, 1.82) is 0 Å². The Balaban J connectivity index is 2.04. The topological polar surface area (TPSA) is 46.6 Å². The fourth-order valence-electron chi connectivity index (χ4n) is 3.40. The summed E-state index contributed by atoms with van der Waals surface area (Å²) in [6.07, 6.45) is 7.06. The number of carbonyl (C=O) groups is 2. The molecular formula is C20H28FNO3. The number of amides is 1. The Morgan fingerprint density at radius 1 is 1.12 bits per heavy atom. The van der Waals surface area contributed by atoms with Crippen molar-refractivity contribution in [3.63, 3.8) is 0 Å². The molecular weight excluding hydrogens is 321 g/mol. The van der Waals surface area contributed by atoms with Crippen LogP contribution < -0.4 is 0 Å². The van der Waals surface area contributed by atoms with Gasteiger partial charge in [-0.25, -0.2) is 4.39 Å². The molecule has 1 amide bonds. The van der Waals surface area contributed by atoms with Crippen molar-refractivity contribution in [2.24, 2.45) is 0 Å². The molecule has 0 atom stereocenters. The summed E-state index contributed by atoms with van der Waals surface area (Å²) >= 11 is 0. The Morgan fingerprint density at radius 2 is 1.76 bits per heavy atom. The van der Waals surface area contributed by atoms with E-state index in [-0.39, 0.29) is 36.6 Å². The maximum absolute atomic E-state index is 13.1. The number of esters is 1. The van der Waals surface area contributed by atoms with Crippen LogP contribution in [0.5, 0.6) is 0 Å². The molecule has 0 spiro atoms. The van der Waals surface area contributed by atoms with Gasteiger partial charge in [0.05, 0.1) is 19.4 Å². The van der Waals surface area contributed by atoms with Crippen LogP contribution in [0.25, 0.3) is 0 Å². The molecule has 1 aliphatic carbocycles. The fourth-order valence-corrected chi connectivity index (χ4v) is 3.40. The fraction of sp³-hybridized carbons (Fsp3) is 0.600. The van der Waals surface area contributed by atoms with Crippen LogP contribution in [0.1, 0.15) is 57.4 Å². The number of hydrogen-bond acceptors (Lipinski definition) is 3. The second-order valence-corrected chi connectivity index (χ2v) is 6.59. The second kappa shape index (κ2) is 10.2. The third-order valence-corrected chi connectivity index (χ3v) is 4.72. The first kappa shape index (κ1) is 19.4. The normalized spacial score (nSPS) is 15.4. The predicted octanol–water partition coefficient (Wildman–Crippen LogP) is 3.87. The molecule has 1 saturated carbocycles. The number of rotatable bonds is 7. The minimum atomic E-state index is -0.306. The lowest BCUT2D eigenvalue weighted by atomic mass is 10.0. The van der Waals surface area contributed by atoms with Gasteiger partial charge in [-0.3, -0.25) is 9.59 Å². The Hall–Kier alpha value is -1.91. The van der Waals surface area contributed by atoms with E-state index >= 15 is 0 Å². The SMILES string of the molecule is CCOC(=O)CCN(C(=O)Cc1ccc(F)cc1)C1CCCCCC1. The van der Waals surface area contributed by atoms with Crippen molar-refractivity contribution in [1.82, 2.24) is 4.90 Å². The van der Waals surface area contributed by atoms with Gasteiger partial charge in [-0.1, -0.05) is 37.8 Å². The molecule has 138 valence electrons. The van der Waals surface area contributed by atoms with Gasteiger partial charge in [0.25, 0.3) is 0 Å². The molecule has 0 radical (unpaired) electrons. The van der Waals surface area contributed by atoms with Crippen LogP contribution in [0.2, 0.25) is 0 Å².